The molecule has 3 nitrogen and oxygen atoms in total. The van der Waals surface area contributed by atoms with E-state index in [1.807, 2.05) is 13.2 Å². The standard InChI is InChI=1S/C15H21N3/c1-5-11-6-7-12(10(2)3)8-13(11)14-9-17-18(4)15(14)16/h6-10H,5,16H2,1-4H3. The van der Waals surface area contributed by atoms with E-state index in [0.717, 1.165) is 17.8 Å². The summed E-state index contributed by atoms with van der Waals surface area (Å²) in [6, 6.07) is 6.66. The normalized spacial score (nSPS) is 11.2. The first kappa shape index (κ1) is 12.7. The van der Waals surface area contributed by atoms with Crippen molar-refractivity contribution in [3.63, 3.8) is 0 Å². The van der Waals surface area contributed by atoms with E-state index in [1.165, 1.54) is 16.7 Å². The van der Waals surface area contributed by atoms with Gasteiger partial charge >= 0.3 is 0 Å². The van der Waals surface area contributed by atoms with Gasteiger partial charge in [0.2, 0.25) is 0 Å². The topological polar surface area (TPSA) is 43.8 Å². The molecule has 1 aromatic heterocycles. The van der Waals surface area contributed by atoms with Crippen LogP contribution in [0.1, 0.15) is 37.8 Å². The highest BCUT2D eigenvalue weighted by atomic mass is 15.3. The van der Waals surface area contributed by atoms with E-state index in [0.29, 0.717) is 5.92 Å². The van der Waals surface area contributed by atoms with Gasteiger partial charge in [-0.15, -0.1) is 0 Å². The van der Waals surface area contributed by atoms with Gasteiger partial charge < -0.3 is 5.73 Å². The second kappa shape index (κ2) is 4.84. The molecule has 3 heteroatoms. The first-order valence-corrected chi connectivity index (χ1v) is 6.45. The molecule has 18 heavy (non-hydrogen) atoms. The molecule has 0 saturated heterocycles. The van der Waals surface area contributed by atoms with Crippen LogP contribution in [0.15, 0.2) is 24.4 Å². The summed E-state index contributed by atoms with van der Waals surface area (Å²) in [5.74, 6) is 1.25. The number of benzene rings is 1. The van der Waals surface area contributed by atoms with Crippen LogP contribution in [0.4, 0.5) is 5.82 Å². The van der Waals surface area contributed by atoms with Crippen molar-refractivity contribution in [2.24, 2.45) is 7.05 Å². The summed E-state index contributed by atoms with van der Waals surface area (Å²) in [4.78, 5) is 0. The van der Waals surface area contributed by atoms with Gasteiger partial charge in [0.1, 0.15) is 5.82 Å². The smallest absolute Gasteiger partial charge is 0.129 e. The monoisotopic (exact) mass is 243 g/mol. The first-order valence-electron chi connectivity index (χ1n) is 6.45. The Labute approximate surface area is 109 Å². The van der Waals surface area contributed by atoms with E-state index < -0.39 is 0 Å². The van der Waals surface area contributed by atoms with Crippen LogP contribution in [0.5, 0.6) is 0 Å². The number of hydrogen-bond donors (Lipinski definition) is 1. The summed E-state index contributed by atoms with van der Waals surface area (Å²) in [7, 11) is 1.87. The molecule has 0 atom stereocenters. The summed E-state index contributed by atoms with van der Waals surface area (Å²) in [5, 5.41) is 4.23. The number of nitrogens with zero attached hydrogens (tertiary/aromatic N) is 2. The molecule has 0 aliphatic heterocycles. The SMILES string of the molecule is CCc1ccc(C(C)C)cc1-c1cnn(C)c1N. The van der Waals surface area contributed by atoms with Crippen molar-refractivity contribution >= 4 is 5.82 Å². The quantitative estimate of drug-likeness (QED) is 0.898. The summed E-state index contributed by atoms with van der Waals surface area (Å²) in [6.45, 7) is 6.58. The fourth-order valence-corrected chi connectivity index (χ4v) is 2.17. The zero-order valence-corrected chi connectivity index (χ0v) is 11.6. The number of rotatable bonds is 3. The van der Waals surface area contributed by atoms with Gasteiger partial charge in [-0.3, -0.25) is 4.68 Å². The second-order valence-corrected chi connectivity index (χ2v) is 4.99. The van der Waals surface area contributed by atoms with Crippen molar-refractivity contribution in [1.82, 2.24) is 9.78 Å². The summed E-state index contributed by atoms with van der Waals surface area (Å²) < 4.78 is 1.72. The van der Waals surface area contributed by atoms with Crippen LogP contribution in [0, 0.1) is 0 Å². The lowest BCUT2D eigenvalue weighted by atomic mass is 9.93. The van der Waals surface area contributed by atoms with E-state index >= 15 is 0 Å². The number of hydrogen-bond acceptors (Lipinski definition) is 2. The molecule has 0 aliphatic rings. The molecular weight excluding hydrogens is 222 g/mol. The predicted octanol–water partition coefficient (Wildman–Crippen LogP) is 3.36. The average Bonchev–Trinajstić information content (AvgIpc) is 2.69. The lowest BCUT2D eigenvalue weighted by Crippen LogP contribution is -1.99. The average molecular weight is 243 g/mol. The van der Waals surface area contributed by atoms with Crippen LogP contribution in [0.25, 0.3) is 11.1 Å². The van der Waals surface area contributed by atoms with Crippen molar-refractivity contribution in [2.75, 3.05) is 5.73 Å². The highest BCUT2D eigenvalue weighted by molar-refractivity contribution is 5.76. The zero-order chi connectivity index (χ0) is 13.3. The Morgan fingerprint density at radius 1 is 1.28 bits per heavy atom. The van der Waals surface area contributed by atoms with Gasteiger partial charge in [-0.25, -0.2) is 0 Å². The number of nitrogen functional groups attached to an aromatic ring is 1. The highest BCUT2D eigenvalue weighted by Crippen LogP contribution is 2.31. The molecule has 96 valence electrons. The molecule has 0 amide bonds. The van der Waals surface area contributed by atoms with Crippen LogP contribution in [0.3, 0.4) is 0 Å². The predicted molar refractivity (Wildman–Crippen MR) is 76.5 cm³/mol. The van der Waals surface area contributed by atoms with E-state index in [1.54, 1.807) is 4.68 Å². The number of aryl methyl sites for hydroxylation is 2. The van der Waals surface area contributed by atoms with Crippen LogP contribution in [-0.4, -0.2) is 9.78 Å². The van der Waals surface area contributed by atoms with Crippen molar-refractivity contribution in [3.05, 3.63) is 35.5 Å². The van der Waals surface area contributed by atoms with Crippen molar-refractivity contribution in [1.29, 1.82) is 0 Å². The molecule has 2 N–H and O–H groups in total. The highest BCUT2D eigenvalue weighted by Gasteiger charge is 2.12. The number of nitrogens with two attached hydrogens (primary N) is 1. The molecule has 0 fully saturated rings. The molecule has 1 heterocycles. The Hall–Kier alpha value is -1.77. The van der Waals surface area contributed by atoms with Gasteiger partial charge in [-0.2, -0.15) is 5.10 Å². The maximum absolute atomic E-state index is 6.08. The first-order chi connectivity index (χ1) is 8.54. The zero-order valence-electron chi connectivity index (χ0n) is 11.6. The van der Waals surface area contributed by atoms with Gasteiger partial charge in [0.25, 0.3) is 0 Å². The van der Waals surface area contributed by atoms with Gasteiger partial charge in [-0.1, -0.05) is 39.0 Å². The summed E-state index contributed by atoms with van der Waals surface area (Å²) in [5.41, 5.74) is 11.0. The minimum atomic E-state index is 0.521. The Morgan fingerprint density at radius 2 is 2.00 bits per heavy atom. The maximum Gasteiger partial charge on any atom is 0.129 e. The molecule has 0 radical (unpaired) electrons. The molecule has 0 aliphatic carbocycles. The Morgan fingerprint density at radius 3 is 2.50 bits per heavy atom. The van der Waals surface area contributed by atoms with Crippen molar-refractivity contribution in [3.8, 4) is 11.1 Å². The van der Waals surface area contributed by atoms with Gasteiger partial charge in [0, 0.05) is 12.6 Å². The minimum Gasteiger partial charge on any atom is -0.383 e. The third kappa shape index (κ3) is 2.13. The molecule has 0 spiro atoms. The van der Waals surface area contributed by atoms with E-state index in [4.69, 9.17) is 5.73 Å². The lowest BCUT2D eigenvalue weighted by molar-refractivity contribution is 0.779. The number of aromatic nitrogens is 2. The fourth-order valence-electron chi connectivity index (χ4n) is 2.17. The van der Waals surface area contributed by atoms with Crippen LogP contribution < -0.4 is 5.73 Å². The lowest BCUT2D eigenvalue weighted by Gasteiger charge is -2.12. The molecule has 2 aromatic rings. The van der Waals surface area contributed by atoms with Gasteiger partial charge in [0.05, 0.1) is 6.20 Å². The van der Waals surface area contributed by atoms with Crippen molar-refractivity contribution < 1.29 is 0 Å². The van der Waals surface area contributed by atoms with Gasteiger partial charge in [-0.05, 0) is 29.0 Å². The molecular formula is C15H21N3. The molecule has 0 bridgehead atoms. The van der Waals surface area contributed by atoms with Crippen LogP contribution >= 0.6 is 0 Å². The molecule has 0 saturated carbocycles. The van der Waals surface area contributed by atoms with E-state index in [9.17, 15) is 0 Å². The van der Waals surface area contributed by atoms with Gasteiger partial charge in [0.15, 0.2) is 0 Å². The van der Waals surface area contributed by atoms with E-state index in [2.05, 4.69) is 44.1 Å². The second-order valence-electron chi connectivity index (χ2n) is 4.99. The molecule has 1 aromatic carbocycles. The summed E-state index contributed by atoms with van der Waals surface area (Å²) in [6.07, 6.45) is 2.86. The fraction of sp³-hybridized carbons (Fsp3) is 0.400. The third-order valence-electron chi connectivity index (χ3n) is 3.46. The number of anilines is 1. The largest absolute Gasteiger partial charge is 0.383 e. The van der Waals surface area contributed by atoms with Crippen LogP contribution in [-0.2, 0) is 13.5 Å². The summed E-state index contributed by atoms with van der Waals surface area (Å²) >= 11 is 0. The van der Waals surface area contributed by atoms with Crippen LogP contribution in [0.2, 0.25) is 0 Å². The Balaban J connectivity index is 2.60. The van der Waals surface area contributed by atoms with E-state index in [-0.39, 0.29) is 0 Å². The Kier molecular flexibility index (Phi) is 3.41. The van der Waals surface area contributed by atoms with Crippen molar-refractivity contribution in [2.45, 2.75) is 33.1 Å². The molecule has 2 rings (SSSR count). The molecule has 0 unspecified atom stereocenters. The third-order valence-corrected chi connectivity index (χ3v) is 3.46. The minimum absolute atomic E-state index is 0.521. The maximum atomic E-state index is 6.08. The Bertz CT molecular complexity index is 553.